The van der Waals surface area contributed by atoms with Gasteiger partial charge in [-0.05, 0) is 6.07 Å². The van der Waals surface area contributed by atoms with Gasteiger partial charge in [-0.3, -0.25) is 4.79 Å². The third kappa shape index (κ3) is 4.30. The van der Waals surface area contributed by atoms with Crippen molar-refractivity contribution in [2.45, 2.75) is 6.61 Å². The van der Waals surface area contributed by atoms with Crippen LogP contribution in [0.2, 0.25) is 0 Å². The number of benzene rings is 1. The molecular formula is C16H19NO6. The number of hydrogen-bond donors (Lipinski definition) is 1. The molecule has 1 heterocycles. The molecular weight excluding hydrogens is 302 g/mol. The molecule has 23 heavy (non-hydrogen) atoms. The smallest absolute Gasteiger partial charge is 0.375 e. The van der Waals surface area contributed by atoms with Crippen molar-refractivity contribution in [3.8, 4) is 0 Å². The topological polar surface area (TPSA) is 87.0 Å². The van der Waals surface area contributed by atoms with Crippen LogP contribution in [0.1, 0.15) is 16.1 Å². The Kier molecular flexibility index (Phi) is 6.13. The summed E-state index contributed by atoms with van der Waals surface area (Å²) in [5.74, 6) is -1.05. The predicted molar refractivity (Wildman–Crippen MR) is 82.1 cm³/mol. The van der Waals surface area contributed by atoms with E-state index in [-0.39, 0.29) is 19.0 Å². The Labute approximate surface area is 133 Å². The highest BCUT2D eigenvalue weighted by molar-refractivity contribution is 5.96. The SMILES string of the molecule is COCCNC(=O)COC(=O)c1oc2ccccc2c1COC. The maximum atomic E-state index is 12.2. The molecule has 0 atom stereocenters. The molecule has 0 fully saturated rings. The van der Waals surface area contributed by atoms with Crippen LogP contribution in [0, 0.1) is 0 Å². The van der Waals surface area contributed by atoms with Crippen LogP contribution in [0.5, 0.6) is 0 Å². The first kappa shape index (κ1) is 17.0. The van der Waals surface area contributed by atoms with Gasteiger partial charge in [0.2, 0.25) is 5.76 Å². The van der Waals surface area contributed by atoms with Crippen LogP contribution in [0.15, 0.2) is 28.7 Å². The number of carbonyl (C=O) groups is 2. The Bertz CT molecular complexity index is 678. The van der Waals surface area contributed by atoms with Crippen molar-refractivity contribution in [1.29, 1.82) is 0 Å². The number of hydrogen-bond acceptors (Lipinski definition) is 6. The predicted octanol–water partition coefficient (Wildman–Crippen LogP) is 1.50. The number of fused-ring (bicyclic) bond motifs is 1. The van der Waals surface area contributed by atoms with E-state index in [2.05, 4.69) is 5.32 Å². The highest BCUT2D eigenvalue weighted by Gasteiger charge is 2.22. The number of furan rings is 1. The zero-order chi connectivity index (χ0) is 16.7. The van der Waals surface area contributed by atoms with Crippen LogP contribution >= 0.6 is 0 Å². The molecule has 2 rings (SSSR count). The largest absolute Gasteiger partial charge is 0.450 e. The molecule has 0 saturated heterocycles. The zero-order valence-corrected chi connectivity index (χ0v) is 13.1. The van der Waals surface area contributed by atoms with Crippen molar-refractivity contribution in [1.82, 2.24) is 5.32 Å². The molecule has 0 saturated carbocycles. The summed E-state index contributed by atoms with van der Waals surface area (Å²) < 4.78 is 20.5. The Morgan fingerprint density at radius 2 is 1.96 bits per heavy atom. The number of esters is 1. The average molecular weight is 321 g/mol. The number of nitrogens with one attached hydrogen (secondary N) is 1. The lowest BCUT2D eigenvalue weighted by Gasteiger charge is -2.06. The van der Waals surface area contributed by atoms with E-state index in [4.69, 9.17) is 18.6 Å². The van der Waals surface area contributed by atoms with E-state index in [9.17, 15) is 9.59 Å². The summed E-state index contributed by atoms with van der Waals surface area (Å²) in [4.78, 5) is 23.7. The van der Waals surface area contributed by atoms with Crippen molar-refractivity contribution < 1.29 is 28.2 Å². The Morgan fingerprint density at radius 3 is 2.70 bits per heavy atom. The van der Waals surface area contributed by atoms with Crippen LogP contribution in [-0.2, 0) is 25.6 Å². The molecule has 2 aromatic rings. The lowest BCUT2D eigenvalue weighted by Crippen LogP contribution is -2.31. The molecule has 0 aliphatic heterocycles. The molecule has 1 aromatic heterocycles. The maximum Gasteiger partial charge on any atom is 0.375 e. The quantitative estimate of drug-likeness (QED) is 0.585. The van der Waals surface area contributed by atoms with E-state index in [0.717, 1.165) is 5.39 Å². The highest BCUT2D eigenvalue weighted by Crippen LogP contribution is 2.27. The van der Waals surface area contributed by atoms with Gasteiger partial charge in [-0.1, -0.05) is 18.2 Å². The summed E-state index contributed by atoms with van der Waals surface area (Å²) in [5, 5.41) is 3.34. The second-order valence-corrected chi connectivity index (χ2v) is 4.76. The Hall–Kier alpha value is -2.38. The first-order valence-corrected chi connectivity index (χ1v) is 7.09. The number of ether oxygens (including phenoxy) is 3. The minimum atomic E-state index is -0.699. The fraction of sp³-hybridized carbons (Fsp3) is 0.375. The molecule has 1 N–H and O–H groups in total. The molecule has 0 unspecified atom stereocenters. The van der Waals surface area contributed by atoms with Crippen molar-refractivity contribution in [3.05, 3.63) is 35.6 Å². The van der Waals surface area contributed by atoms with E-state index < -0.39 is 11.9 Å². The lowest BCUT2D eigenvalue weighted by molar-refractivity contribution is -0.124. The van der Waals surface area contributed by atoms with Gasteiger partial charge >= 0.3 is 5.97 Å². The Balaban J connectivity index is 2.05. The molecule has 124 valence electrons. The normalized spacial score (nSPS) is 10.7. The second-order valence-electron chi connectivity index (χ2n) is 4.76. The third-order valence-corrected chi connectivity index (χ3v) is 3.14. The standard InChI is InChI=1S/C16H19NO6/c1-20-8-7-17-14(18)10-22-16(19)15-12(9-21-2)11-5-3-4-6-13(11)23-15/h3-6H,7-10H2,1-2H3,(H,17,18). The molecule has 0 radical (unpaired) electrons. The summed E-state index contributed by atoms with van der Waals surface area (Å²) >= 11 is 0. The van der Waals surface area contributed by atoms with Gasteiger partial charge in [0.05, 0.1) is 13.2 Å². The molecule has 7 nitrogen and oxygen atoms in total. The van der Waals surface area contributed by atoms with Crippen molar-refractivity contribution in [2.24, 2.45) is 0 Å². The molecule has 7 heteroatoms. The maximum absolute atomic E-state index is 12.2. The number of rotatable bonds is 8. The van der Waals surface area contributed by atoms with Crippen LogP contribution in [0.4, 0.5) is 0 Å². The number of carbonyl (C=O) groups excluding carboxylic acids is 2. The van der Waals surface area contributed by atoms with Gasteiger partial charge in [-0.2, -0.15) is 0 Å². The van der Waals surface area contributed by atoms with Gasteiger partial charge < -0.3 is 23.9 Å². The van der Waals surface area contributed by atoms with E-state index >= 15 is 0 Å². The van der Waals surface area contributed by atoms with Gasteiger partial charge in [0.25, 0.3) is 5.91 Å². The fourth-order valence-corrected chi connectivity index (χ4v) is 2.09. The number of methoxy groups -OCH3 is 2. The zero-order valence-electron chi connectivity index (χ0n) is 13.1. The van der Waals surface area contributed by atoms with E-state index in [1.165, 1.54) is 14.2 Å². The minimum absolute atomic E-state index is 0.0535. The van der Waals surface area contributed by atoms with Crippen LogP contribution in [0.25, 0.3) is 11.0 Å². The van der Waals surface area contributed by atoms with Gasteiger partial charge in [-0.15, -0.1) is 0 Å². The van der Waals surface area contributed by atoms with Crippen LogP contribution in [-0.4, -0.2) is 45.9 Å². The van der Waals surface area contributed by atoms with Crippen LogP contribution in [0.3, 0.4) is 0 Å². The molecule has 0 bridgehead atoms. The van der Waals surface area contributed by atoms with Gasteiger partial charge in [0, 0.05) is 31.7 Å². The van der Waals surface area contributed by atoms with Gasteiger partial charge in [0.1, 0.15) is 5.58 Å². The first-order valence-electron chi connectivity index (χ1n) is 7.09. The lowest BCUT2D eigenvalue weighted by atomic mass is 10.1. The molecule has 1 amide bonds. The van der Waals surface area contributed by atoms with Crippen molar-refractivity contribution >= 4 is 22.8 Å². The monoisotopic (exact) mass is 321 g/mol. The highest BCUT2D eigenvalue weighted by atomic mass is 16.5. The van der Waals surface area contributed by atoms with E-state index in [0.29, 0.717) is 24.3 Å². The van der Waals surface area contributed by atoms with E-state index in [1.54, 1.807) is 12.1 Å². The molecule has 0 spiro atoms. The van der Waals surface area contributed by atoms with Crippen molar-refractivity contribution in [3.63, 3.8) is 0 Å². The fourth-order valence-electron chi connectivity index (χ4n) is 2.09. The first-order chi connectivity index (χ1) is 11.2. The molecule has 1 aromatic carbocycles. The third-order valence-electron chi connectivity index (χ3n) is 3.14. The Morgan fingerprint density at radius 1 is 1.17 bits per heavy atom. The molecule has 0 aliphatic carbocycles. The van der Waals surface area contributed by atoms with E-state index in [1.807, 2.05) is 12.1 Å². The summed E-state index contributed by atoms with van der Waals surface area (Å²) in [5.41, 5.74) is 1.17. The van der Waals surface area contributed by atoms with Crippen molar-refractivity contribution in [2.75, 3.05) is 34.0 Å². The number of amides is 1. The second kappa shape index (κ2) is 8.30. The summed E-state index contributed by atoms with van der Waals surface area (Å²) in [6, 6.07) is 7.24. The molecule has 0 aliphatic rings. The average Bonchev–Trinajstić information content (AvgIpc) is 2.92. The summed E-state index contributed by atoms with van der Waals surface area (Å²) in [6.07, 6.45) is 0. The summed E-state index contributed by atoms with van der Waals surface area (Å²) in [6.45, 7) is 0.571. The summed E-state index contributed by atoms with van der Waals surface area (Å²) in [7, 11) is 3.06. The van der Waals surface area contributed by atoms with Gasteiger partial charge in [0.15, 0.2) is 6.61 Å². The van der Waals surface area contributed by atoms with Crippen LogP contribution < -0.4 is 5.32 Å². The number of para-hydroxylation sites is 1. The minimum Gasteiger partial charge on any atom is -0.450 e. The van der Waals surface area contributed by atoms with Gasteiger partial charge in [-0.25, -0.2) is 4.79 Å².